The first-order valence-electron chi connectivity index (χ1n) is 15.9. The molecule has 0 saturated carbocycles. The molecule has 3 aromatic carbocycles. The molecule has 8 nitrogen and oxygen atoms in total. The van der Waals surface area contributed by atoms with E-state index >= 15 is 8.78 Å². The van der Waals surface area contributed by atoms with Crippen molar-refractivity contribution in [2.75, 3.05) is 41.7 Å². The molecule has 0 bridgehead atoms. The Balaban J connectivity index is 0.00000245. The van der Waals surface area contributed by atoms with Gasteiger partial charge in [0.2, 0.25) is 5.95 Å². The molecule has 0 fully saturated rings. The smallest absolute Gasteiger partial charge is 0.328 e. The monoisotopic (exact) mass is 645 g/mol. The number of nitrogens with zero attached hydrogens (tertiary/aromatic N) is 4. The fraction of sp³-hybridized carbons (Fsp3) is 0.306. The molecule has 1 aliphatic heterocycles. The van der Waals surface area contributed by atoms with E-state index in [4.69, 9.17) is 4.98 Å². The van der Waals surface area contributed by atoms with Crippen LogP contribution in [0.1, 0.15) is 50.8 Å². The zero-order chi connectivity index (χ0) is 34.1. The Bertz CT molecular complexity index is 1690. The molecule has 0 saturated heterocycles. The molecular formula is C36H42F3N7O. The van der Waals surface area contributed by atoms with Crippen LogP contribution < -0.4 is 20.9 Å². The van der Waals surface area contributed by atoms with Crippen molar-refractivity contribution < 1.29 is 18.0 Å². The highest BCUT2D eigenvalue weighted by atomic mass is 19.1. The molecule has 1 aliphatic rings. The maximum atomic E-state index is 15.1. The molecule has 2 amide bonds. The van der Waals surface area contributed by atoms with Crippen LogP contribution in [0.25, 0.3) is 17.0 Å². The van der Waals surface area contributed by atoms with Crippen LogP contribution in [0.15, 0.2) is 67.2 Å². The summed E-state index contributed by atoms with van der Waals surface area (Å²) in [5.41, 5.74) is 4.08. The lowest BCUT2D eigenvalue weighted by Crippen LogP contribution is -2.43. The topological polar surface area (TPSA) is 85.4 Å². The highest BCUT2D eigenvalue weighted by molar-refractivity contribution is 6.02. The third-order valence-corrected chi connectivity index (χ3v) is 7.79. The number of nitrogens with one attached hydrogen (secondary N) is 3. The number of para-hydroxylation sites is 1. The summed E-state index contributed by atoms with van der Waals surface area (Å²) in [4.78, 5) is 25.9. The summed E-state index contributed by atoms with van der Waals surface area (Å²) in [7, 11) is 0. The normalized spacial score (nSPS) is 12.2. The average molecular weight is 646 g/mol. The Hall–Kier alpha value is -4.90. The number of carbonyl (C=O) groups excluding carboxylic acids is 1. The van der Waals surface area contributed by atoms with Crippen molar-refractivity contribution in [2.24, 2.45) is 0 Å². The van der Waals surface area contributed by atoms with E-state index in [2.05, 4.69) is 46.3 Å². The maximum absolute atomic E-state index is 15.1. The Kier molecular flexibility index (Phi) is 12.0. The number of hydrogen-bond acceptors (Lipinski definition) is 6. The first-order chi connectivity index (χ1) is 22.7. The number of fused-ring (bicyclic) bond motifs is 1. The van der Waals surface area contributed by atoms with Crippen LogP contribution >= 0.6 is 0 Å². The summed E-state index contributed by atoms with van der Waals surface area (Å²) in [5.74, 6) is -1.81. The summed E-state index contributed by atoms with van der Waals surface area (Å²) >= 11 is 0. The molecule has 3 N–H and O–H groups in total. The van der Waals surface area contributed by atoms with Crippen molar-refractivity contribution >= 4 is 34.9 Å². The SMILES string of the molecule is C=C(Nc1ccc(F)cc1)c1ccc(C)c(-c2nc(NCCCN(CC)CC)nc3c2CNC(=O)N3c2c(F)cccc2F)c1.CC. The molecule has 1 aromatic heterocycles. The van der Waals surface area contributed by atoms with Gasteiger partial charge in [-0.3, -0.25) is 0 Å². The second-order valence-corrected chi connectivity index (χ2v) is 10.7. The van der Waals surface area contributed by atoms with E-state index in [0.29, 0.717) is 29.2 Å². The lowest BCUT2D eigenvalue weighted by atomic mass is 9.97. The molecule has 0 spiro atoms. The highest BCUT2D eigenvalue weighted by Crippen LogP contribution is 2.39. The third kappa shape index (κ3) is 8.10. The molecule has 0 radical (unpaired) electrons. The van der Waals surface area contributed by atoms with Crippen LogP contribution in [0.5, 0.6) is 0 Å². The number of aromatic nitrogens is 2. The Morgan fingerprint density at radius 3 is 2.34 bits per heavy atom. The number of anilines is 4. The van der Waals surface area contributed by atoms with Gasteiger partial charge in [-0.1, -0.05) is 52.5 Å². The molecule has 0 aliphatic carbocycles. The van der Waals surface area contributed by atoms with E-state index in [-0.39, 0.29) is 24.1 Å². The van der Waals surface area contributed by atoms with Crippen LogP contribution in [-0.2, 0) is 6.54 Å². The van der Waals surface area contributed by atoms with Crippen molar-refractivity contribution in [3.8, 4) is 11.3 Å². The quantitative estimate of drug-likeness (QED) is 0.134. The Morgan fingerprint density at radius 1 is 1.00 bits per heavy atom. The fourth-order valence-corrected chi connectivity index (χ4v) is 5.26. The summed E-state index contributed by atoms with van der Waals surface area (Å²) in [6, 6.07) is 14.4. The number of amides is 2. The first kappa shape index (κ1) is 35.0. The van der Waals surface area contributed by atoms with Crippen molar-refractivity contribution in [2.45, 2.75) is 47.6 Å². The first-order valence-corrected chi connectivity index (χ1v) is 15.9. The van der Waals surface area contributed by atoms with E-state index in [9.17, 15) is 9.18 Å². The number of aryl methyl sites for hydroxylation is 1. The second kappa shape index (κ2) is 16.1. The van der Waals surface area contributed by atoms with Gasteiger partial charge in [0.05, 0.1) is 12.2 Å². The number of urea groups is 1. The standard InChI is InChI=1S/C34H36F3N7O.C2H6/c1-5-43(6-2)18-8-17-38-33-41-30(26-19-23(12-11-21(26)3)22(4)40-25-15-13-24(35)14-16-25)27-20-39-34(45)44(32(27)42-33)31-28(36)9-7-10-29(31)37;1-2/h7,9-16,19,40H,4-6,8,17-18,20H2,1-3H3,(H,39,45)(H,38,41,42);1-2H3. The minimum Gasteiger partial charge on any atom is -0.356 e. The zero-order valence-electron chi connectivity index (χ0n) is 27.6. The van der Waals surface area contributed by atoms with Crippen molar-refractivity contribution in [3.05, 3.63) is 101 Å². The fourth-order valence-electron chi connectivity index (χ4n) is 5.26. The molecular weight excluding hydrogens is 603 g/mol. The highest BCUT2D eigenvalue weighted by Gasteiger charge is 2.34. The number of rotatable bonds is 12. The average Bonchev–Trinajstić information content (AvgIpc) is 3.07. The lowest BCUT2D eigenvalue weighted by molar-refractivity contribution is 0.246. The zero-order valence-corrected chi connectivity index (χ0v) is 27.6. The van der Waals surface area contributed by atoms with Crippen LogP contribution in [0.2, 0.25) is 0 Å². The maximum Gasteiger partial charge on any atom is 0.328 e. The van der Waals surface area contributed by atoms with Gasteiger partial charge in [0.25, 0.3) is 0 Å². The predicted molar refractivity (Wildman–Crippen MR) is 184 cm³/mol. The van der Waals surface area contributed by atoms with Crippen molar-refractivity contribution in [1.82, 2.24) is 20.2 Å². The van der Waals surface area contributed by atoms with Crippen LogP contribution in [0, 0.1) is 24.4 Å². The molecule has 5 rings (SSSR count). The molecule has 2 heterocycles. The Labute approximate surface area is 274 Å². The van der Waals surface area contributed by atoms with E-state index < -0.39 is 23.4 Å². The summed E-state index contributed by atoms with van der Waals surface area (Å²) in [6.45, 7) is 17.7. The minimum atomic E-state index is -0.895. The Morgan fingerprint density at radius 2 is 1.68 bits per heavy atom. The van der Waals surface area contributed by atoms with Gasteiger partial charge in [-0.2, -0.15) is 4.98 Å². The predicted octanol–water partition coefficient (Wildman–Crippen LogP) is 8.48. The summed E-state index contributed by atoms with van der Waals surface area (Å²) in [5, 5.41) is 9.19. The van der Waals surface area contributed by atoms with Gasteiger partial charge in [-0.05, 0) is 86.6 Å². The number of hydrogen-bond donors (Lipinski definition) is 3. The molecule has 0 unspecified atom stereocenters. The minimum absolute atomic E-state index is 0.0523. The largest absolute Gasteiger partial charge is 0.356 e. The van der Waals surface area contributed by atoms with E-state index in [1.807, 2.05) is 39.0 Å². The lowest BCUT2D eigenvalue weighted by Gasteiger charge is -2.31. The molecule has 11 heteroatoms. The van der Waals surface area contributed by atoms with Crippen LogP contribution in [-0.4, -0.2) is 47.1 Å². The molecule has 248 valence electrons. The number of carbonyl (C=O) groups is 1. The third-order valence-electron chi connectivity index (χ3n) is 7.79. The van der Waals surface area contributed by atoms with Gasteiger partial charge in [0.15, 0.2) is 5.82 Å². The number of halogens is 3. The van der Waals surface area contributed by atoms with Gasteiger partial charge in [-0.25, -0.2) is 27.8 Å². The molecule has 4 aromatic rings. The van der Waals surface area contributed by atoms with Crippen LogP contribution in [0.3, 0.4) is 0 Å². The van der Waals surface area contributed by atoms with Gasteiger partial charge < -0.3 is 20.9 Å². The van der Waals surface area contributed by atoms with Gasteiger partial charge in [-0.15, -0.1) is 0 Å². The molecule has 0 atom stereocenters. The van der Waals surface area contributed by atoms with E-state index in [0.717, 1.165) is 59.8 Å². The summed E-state index contributed by atoms with van der Waals surface area (Å²) in [6.07, 6.45) is 0.812. The number of benzene rings is 3. The van der Waals surface area contributed by atoms with E-state index in [1.165, 1.54) is 18.2 Å². The summed E-state index contributed by atoms with van der Waals surface area (Å²) < 4.78 is 43.6. The van der Waals surface area contributed by atoms with Gasteiger partial charge in [0.1, 0.15) is 23.1 Å². The van der Waals surface area contributed by atoms with Gasteiger partial charge in [0, 0.05) is 29.1 Å². The molecule has 47 heavy (non-hydrogen) atoms. The van der Waals surface area contributed by atoms with E-state index in [1.54, 1.807) is 12.1 Å². The van der Waals surface area contributed by atoms with Crippen molar-refractivity contribution in [3.63, 3.8) is 0 Å². The van der Waals surface area contributed by atoms with Crippen molar-refractivity contribution in [1.29, 1.82) is 0 Å². The van der Waals surface area contributed by atoms with Crippen LogP contribution in [0.4, 0.5) is 41.1 Å². The second-order valence-electron chi connectivity index (χ2n) is 10.7. The van der Waals surface area contributed by atoms with Gasteiger partial charge >= 0.3 is 6.03 Å².